The Bertz CT molecular complexity index is 2300. The first-order chi connectivity index (χ1) is 29.6. The summed E-state index contributed by atoms with van der Waals surface area (Å²) in [7, 11) is -1.58. The first-order valence-corrected chi connectivity index (χ1v) is 24.9. The Labute approximate surface area is 370 Å². The maximum atomic E-state index is 14.1. The maximum absolute atomic E-state index is 14.1. The minimum absolute atomic E-state index is 0.00301. The van der Waals surface area contributed by atoms with Crippen LogP contribution in [-0.4, -0.2) is 87.7 Å². The highest BCUT2D eigenvalue weighted by Gasteiger charge is 2.71. The van der Waals surface area contributed by atoms with Gasteiger partial charge in [-0.05, 0) is 133 Å². The molecular formula is C49H64F3N5O5S. The number of carbonyl (C=O) groups excluding carboxylic acids is 2. The van der Waals surface area contributed by atoms with Crippen molar-refractivity contribution in [3.63, 3.8) is 0 Å². The van der Waals surface area contributed by atoms with Gasteiger partial charge in [-0.2, -0.15) is 13.2 Å². The Kier molecular flexibility index (Phi) is 10.8. The number of nitrogens with zero attached hydrogens (tertiary/aromatic N) is 3. The van der Waals surface area contributed by atoms with E-state index in [9.17, 15) is 31.2 Å². The fraction of sp³-hybridized carbons (Fsp3) is 0.673. The van der Waals surface area contributed by atoms with Gasteiger partial charge in [0.05, 0.1) is 24.2 Å². The summed E-state index contributed by atoms with van der Waals surface area (Å²) in [5.74, 6) is 1.20. The molecule has 63 heavy (non-hydrogen) atoms. The van der Waals surface area contributed by atoms with Gasteiger partial charge in [0.1, 0.15) is 0 Å². The van der Waals surface area contributed by atoms with Crippen molar-refractivity contribution in [3.05, 3.63) is 76.9 Å². The molecule has 5 aliphatic carbocycles. The Morgan fingerprint density at radius 3 is 2.13 bits per heavy atom. The van der Waals surface area contributed by atoms with Gasteiger partial charge in [-0.25, -0.2) is 13.2 Å². The molecule has 9 atom stereocenters. The third-order valence-corrected chi connectivity index (χ3v) is 20.1. The first-order valence-electron chi connectivity index (χ1n) is 23.1. The molecule has 0 unspecified atom stereocenters. The van der Waals surface area contributed by atoms with Crippen LogP contribution < -0.4 is 10.6 Å². The van der Waals surface area contributed by atoms with Crippen molar-refractivity contribution in [1.82, 2.24) is 15.5 Å². The van der Waals surface area contributed by atoms with Gasteiger partial charge in [-0.1, -0.05) is 65.0 Å². The zero-order chi connectivity index (χ0) is 45.0. The number of hydrogen-bond donors (Lipinski definition) is 2. The van der Waals surface area contributed by atoms with Gasteiger partial charge in [0, 0.05) is 54.8 Å². The summed E-state index contributed by atoms with van der Waals surface area (Å²) in [6, 6.07) is 13.3. The summed E-state index contributed by atoms with van der Waals surface area (Å²) in [5, 5.41) is 14.2. The van der Waals surface area contributed by atoms with Gasteiger partial charge in [0.15, 0.2) is 9.84 Å². The zero-order valence-electron chi connectivity index (χ0n) is 37.6. The van der Waals surface area contributed by atoms with Gasteiger partial charge in [-0.3, -0.25) is 4.79 Å². The van der Waals surface area contributed by atoms with Crippen LogP contribution in [0.1, 0.15) is 124 Å². The van der Waals surface area contributed by atoms with E-state index in [0.717, 1.165) is 76.4 Å². The lowest BCUT2D eigenvalue weighted by Crippen LogP contribution is -2.69. The Hall–Kier alpha value is -3.62. The van der Waals surface area contributed by atoms with Gasteiger partial charge in [0.25, 0.3) is 5.91 Å². The predicted octanol–water partition coefficient (Wildman–Crippen LogP) is 8.98. The predicted molar refractivity (Wildman–Crippen MR) is 235 cm³/mol. The summed E-state index contributed by atoms with van der Waals surface area (Å²) >= 11 is 0. The number of fused-ring (bicyclic) bond motifs is 7. The summed E-state index contributed by atoms with van der Waals surface area (Å²) in [4.78, 5) is 28.6. The number of ether oxygens (including phenoxy) is 1. The van der Waals surface area contributed by atoms with E-state index in [1.54, 1.807) is 0 Å². The topological polar surface area (TPSA) is 130 Å². The number of allylic oxidation sites excluding steroid dienone is 2. The van der Waals surface area contributed by atoms with Crippen molar-refractivity contribution in [2.75, 3.05) is 44.8 Å². The zero-order valence-corrected chi connectivity index (χ0v) is 38.4. The Morgan fingerprint density at radius 2 is 1.49 bits per heavy atom. The van der Waals surface area contributed by atoms with E-state index in [1.807, 2.05) is 12.1 Å². The molecule has 0 aromatic heterocycles. The molecule has 1 amide bonds. The number of halogens is 3. The largest absolute Gasteiger partial charge is 0.465 e. The fourth-order valence-corrected chi connectivity index (χ4v) is 16.3. The van der Waals surface area contributed by atoms with E-state index in [4.69, 9.17) is 4.74 Å². The molecule has 2 aliphatic heterocycles. The highest BCUT2D eigenvalue weighted by molar-refractivity contribution is 7.91. The number of alkyl halides is 3. The van der Waals surface area contributed by atoms with Crippen LogP contribution in [0.5, 0.6) is 0 Å². The van der Waals surface area contributed by atoms with Crippen molar-refractivity contribution in [2.24, 2.45) is 55.6 Å². The van der Waals surface area contributed by atoms with Crippen LogP contribution in [0, 0.1) is 45.3 Å². The van der Waals surface area contributed by atoms with Gasteiger partial charge >= 0.3 is 17.8 Å². The molecule has 0 spiro atoms. The van der Waals surface area contributed by atoms with E-state index < -0.39 is 21.7 Å². The molecule has 2 aromatic rings. The first kappa shape index (κ1) is 44.6. The molecule has 4 saturated carbocycles. The average molecular weight is 892 g/mol. The molecule has 0 radical (unpaired) electrons. The molecule has 342 valence electrons. The van der Waals surface area contributed by atoms with Crippen molar-refractivity contribution >= 4 is 27.3 Å². The van der Waals surface area contributed by atoms with Crippen LogP contribution in [0.2, 0.25) is 0 Å². The molecule has 14 heteroatoms. The SMILES string of the molecule is COC(=O)c1ccc(C2=CC[C@]3(C)[C@H]4CC[C@@H]5[C@H]6[C@H](NC(=O)c7ccc(C8(C(F)(F)F)N=N8)cc7)CC[C@]6(NCCN6CCS(=O)(=O)CC6)CC[C@@]5(C)[C@]4(C)CC[C@H]3C2(C)C)cc1. The number of benzene rings is 2. The minimum Gasteiger partial charge on any atom is -0.465 e. The summed E-state index contributed by atoms with van der Waals surface area (Å²) < 4.78 is 70.6. The number of sulfone groups is 1. The number of nitrogens with one attached hydrogen (secondary N) is 2. The number of carbonyl (C=O) groups is 2. The lowest BCUT2D eigenvalue weighted by Gasteiger charge is -2.72. The highest BCUT2D eigenvalue weighted by atomic mass is 32.2. The highest BCUT2D eigenvalue weighted by Crippen LogP contribution is 2.76. The van der Waals surface area contributed by atoms with Gasteiger partial charge in [0.2, 0.25) is 0 Å². The lowest BCUT2D eigenvalue weighted by atomic mass is 9.33. The van der Waals surface area contributed by atoms with Crippen LogP contribution >= 0.6 is 0 Å². The summed E-state index contributed by atoms with van der Waals surface area (Å²) in [6.07, 6.45) is 6.99. The maximum Gasteiger partial charge on any atom is 0.442 e. The molecule has 2 N–H and O–H groups in total. The molecule has 10 nitrogen and oxygen atoms in total. The van der Waals surface area contributed by atoms with Crippen LogP contribution in [0.4, 0.5) is 13.2 Å². The van der Waals surface area contributed by atoms with E-state index in [-0.39, 0.29) is 68.1 Å². The molecule has 7 aliphatic rings. The summed E-state index contributed by atoms with van der Waals surface area (Å²) in [6.45, 7) is 15.1. The second-order valence-electron chi connectivity index (χ2n) is 21.4. The Balaban J connectivity index is 0.988. The normalized spacial score (nSPS) is 37.3. The van der Waals surface area contributed by atoms with Gasteiger partial charge in [-0.15, -0.1) is 10.2 Å². The number of methoxy groups -OCH3 is 1. The third-order valence-electron chi connectivity index (χ3n) is 18.5. The molecule has 5 fully saturated rings. The molecule has 2 heterocycles. The van der Waals surface area contributed by atoms with E-state index in [1.165, 1.54) is 36.9 Å². The second-order valence-corrected chi connectivity index (χ2v) is 23.8. The Morgan fingerprint density at radius 1 is 0.825 bits per heavy atom. The van der Waals surface area contributed by atoms with Crippen LogP contribution in [0.25, 0.3) is 5.57 Å². The quantitative estimate of drug-likeness (QED) is 0.241. The van der Waals surface area contributed by atoms with Crippen molar-refractivity contribution in [1.29, 1.82) is 0 Å². The average Bonchev–Trinajstić information content (AvgIpc) is 4.00. The van der Waals surface area contributed by atoms with E-state index in [0.29, 0.717) is 42.0 Å². The number of hydrogen-bond acceptors (Lipinski definition) is 9. The standard InChI is InChI=1S/C49H64F3N5O5S/c1-43(2)35(31-7-9-33(10-8-31)42(59)62-6)17-20-44(3)38(43)19-21-46(5)39(44)16-15-36-40-37(54-41(58)32-11-13-34(14-12-32)48(55-56-48)49(50,51)52)18-22-47(40,24-23-45(36,46)4)53-25-26-57-27-29-63(60,61)30-28-57/h7-14,17,36-40,53H,15-16,18-30H2,1-6H3,(H,54,58)/t36-,37-,38+,39-,40+,44+,45-,46-,47+/m1/s1. The van der Waals surface area contributed by atoms with E-state index >= 15 is 0 Å². The van der Waals surface area contributed by atoms with Crippen molar-refractivity contribution < 1.29 is 35.9 Å². The number of esters is 1. The van der Waals surface area contributed by atoms with Crippen LogP contribution in [0.3, 0.4) is 0 Å². The molecule has 2 aromatic carbocycles. The number of rotatable bonds is 9. The minimum atomic E-state index is -4.64. The van der Waals surface area contributed by atoms with Gasteiger partial charge < -0.3 is 20.3 Å². The van der Waals surface area contributed by atoms with Crippen molar-refractivity contribution in [2.45, 2.75) is 116 Å². The molecular weight excluding hydrogens is 828 g/mol. The molecule has 9 rings (SSSR count). The fourth-order valence-electron chi connectivity index (χ4n) is 15.0. The monoisotopic (exact) mass is 891 g/mol. The molecule has 1 saturated heterocycles. The number of amides is 1. The third kappa shape index (κ3) is 7.04. The molecule has 0 bridgehead atoms. The van der Waals surface area contributed by atoms with Crippen molar-refractivity contribution in [3.8, 4) is 0 Å². The second kappa shape index (κ2) is 15.2. The lowest BCUT2D eigenvalue weighted by molar-refractivity contribution is -0.218. The van der Waals surface area contributed by atoms with E-state index in [2.05, 4.69) is 78.6 Å². The van der Waals surface area contributed by atoms with Crippen LogP contribution in [0.15, 0.2) is 64.8 Å². The van der Waals surface area contributed by atoms with Crippen LogP contribution in [-0.2, 0) is 20.2 Å². The smallest absolute Gasteiger partial charge is 0.442 e. The summed E-state index contributed by atoms with van der Waals surface area (Å²) in [5.41, 5.74) is 0.568.